The van der Waals surface area contributed by atoms with Crippen molar-refractivity contribution in [1.29, 1.82) is 0 Å². The minimum absolute atomic E-state index is 0.116. The molecule has 23 heavy (non-hydrogen) atoms. The number of hydrogen-bond acceptors (Lipinski definition) is 4. The molecule has 0 fully saturated rings. The maximum atomic E-state index is 13.5. The topological polar surface area (TPSA) is 68.0 Å². The summed E-state index contributed by atoms with van der Waals surface area (Å²) >= 11 is 6.02. The first kappa shape index (κ1) is 15.6. The van der Waals surface area contributed by atoms with Crippen molar-refractivity contribution in [2.75, 3.05) is 6.61 Å². The van der Waals surface area contributed by atoms with Crippen LogP contribution in [0.25, 0.3) is 22.2 Å². The van der Waals surface area contributed by atoms with Crippen LogP contribution < -0.4 is 5.56 Å². The Hall–Kier alpha value is -2.31. The van der Waals surface area contributed by atoms with Crippen molar-refractivity contribution in [3.8, 4) is 11.3 Å². The quantitative estimate of drug-likeness (QED) is 0.748. The van der Waals surface area contributed by atoms with Crippen LogP contribution in [0.5, 0.6) is 0 Å². The van der Waals surface area contributed by atoms with Gasteiger partial charge in [0.25, 0.3) is 5.56 Å². The van der Waals surface area contributed by atoms with Gasteiger partial charge in [-0.15, -0.1) is 0 Å². The summed E-state index contributed by atoms with van der Waals surface area (Å²) in [7, 11) is 0. The molecule has 1 atom stereocenters. The number of fused-ring (bicyclic) bond motifs is 1. The van der Waals surface area contributed by atoms with Gasteiger partial charge >= 0.3 is 0 Å². The van der Waals surface area contributed by atoms with Crippen molar-refractivity contribution < 1.29 is 9.50 Å². The molecule has 2 heterocycles. The molecule has 0 bridgehead atoms. The van der Waals surface area contributed by atoms with Crippen LogP contribution in [0.3, 0.4) is 0 Å². The lowest BCUT2D eigenvalue weighted by atomic mass is 10.1. The molecule has 0 radical (unpaired) electrons. The highest BCUT2D eigenvalue weighted by molar-refractivity contribution is 6.30. The van der Waals surface area contributed by atoms with Crippen LogP contribution in [-0.2, 0) is 0 Å². The smallest absolute Gasteiger partial charge is 0.261 e. The molecule has 5 nitrogen and oxygen atoms in total. The molecule has 7 heteroatoms. The number of pyridine rings is 1. The molecule has 2 aromatic heterocycles. The molecule has 0 amide bonds. The van der Waals surface area contributed by atoms with Gasteiger partial charge in [0.05, 0.1) is 30.1 Å². The van der Waals surface area contributed by atoms with Crippen LogP contribution in [0.4, 0.5) is 4.39 Å². The van der Waals surface area contributed by atoms with Gasteiger partial charge in [-0.1, -0.05) is 23.7 Å². The number of rotatable bonds is 3. The molecule has 0 aliphatic rings. The third kappa shape index (κ3) is 2.83. The second-order valence-electron chi connectivity index (χ2n) is 5.19. The minimum Gasteiger partial charge on any atom is -0.394 e. The van der Waals surface area contributed by atoms with E-state index in [4.69, 9.17) is 11.6 Å². The number of aliphatic hydroxyl groups is 1. The summed E-state index contributed by atoms with van der Waals surface area (Å²) in [5, 5.41) is 9.62. The van der Waals surface area contributed by atoms with Crippen LogP contribution in [-0.4, -0.2) is 26.2 Å². The Balaban J connectivity index is 2.33. The molecule has 0 spiro atoms. The molecule has 0 aliphatic heterocycles. The third-order valence-corrected chi connectivity index (χ3v) is 3.77. The van der Waals surface area contributed by atoms with Gasteiger partial charge in [-0.25, -0.2) is 14.4 Å². The van der Waals surface area contributed by atoms with Gasteiger partial charge in [0.15, 0.2) is 0 Å². The van der Waals surface area contributed by atoms with Crippen molar-refractivity contribution in [2.24, 2.45) is 0 Å². The lowest BCUT2D eigenvalue weighted by Crippen LogP contribution is -2.25. The molecule has 3 aromatic rings. The average Bonchev–Trinajstić information content (AvgIpc) is 2.54. The van der Waals surface area contributed by atoms with E-state index in [1.165, 1.54) is 29.1 Å². The SMILES string of the molecule is CC(CO)n1cnc2c(-c3cccc(F)c3)nc(Cl)cc2c1=O. The number of hydrogen-bond donors (Lipinski definition) is 1. The Morgan fingerprint density at radius 2 is 2.17 bits per heavy atom. The number of aliphatic hydroxyl groups excluding tert-OH is 1. The lowest BCUT2D eigenvalue weighted by Gasteiger charge is -2.13. The number of halogens is 2. The fraction of sp³-hybridized carbons (Fsp3) is 0.188. The fourth-order valence-corrected chi connectivity index (χ4v) is 2.54. The highest BCUT2D eigenvalue weighted by Crippen LogP contribution is 2.26. The van der Waals surface area contributed by atoms with Crippen LogP contribution in [0.15, 0.2) is 41.5 Å². The van der Waals surface area contributed by atoms with E-state index in [1.807, 2.05) is 0 Å². The molecule has 118 valence electrons. The van der Waals surface area contributed by atoms with Crippen molar-refractivity contribution in [2.45, 2.75) is 13.0 Å². The molecular formula is C16H13ClFN3O2. The number of aromatic nitrogens is 3. The molecule has 1 unspecified atom stereocenters. The first-order chi connectivity index (χ1) is 11.0. The molecule has 0 saturated carbocycles. The number of nitrogens with zero attached hydrogens (tertiary/aromatic N) is 3. The van der Waals surface area contributed by atoms with Crippen molar-refractivity contribution in [3.05, 3.63) is 58.0 Å². The Bertz CT molecular complexity index is 942. The van der Waals surface area contributed by atoms with Gasteiger partial charge in [0, 0.05) is 5.56 Å². The van der Waals surface area contributed by atoms with Crippen molar-refractivity contribution in [3.63, 3.8) is 0 Å². The van der Waals surface area contributed by atoms with Crippen LogP contribution in [0.2, 0.25) is 5.15 Å². The summed E-state index contributed by atoms with van der Waals surface area (Å²) in [6.45, 7) is 1.51. The summed E-state index contributed by atoms with van der Waals surface area (Å²) in [5.74, 6) is -0.417. The molecule has 0 saturated heterocycles. The summed E-state index contributed by atoms with van der Waals surface area (Å²) in [6, 6.07) is 6.86. The summed E-state index contributed by atoms with van der Waals surface area (Å²) in [5.41, 5.74) is 0.829. The predicted octanol–water partition coefficient (Wildman–Crippen LogP) is 2.80. The zero-order valence-corrected chi connectivity index (χ0v) is 13.0. The standard InChI is InChI=1S/C16H13ClFN3O2/c1-9(7-22)21-8-19-15-12(16(21)23)6-13(17)20-14(15)10-3-2-4-11(18)5-10/h2-6,8-9,22H,7H2,1H3. The van der Waals surface area contributed by atoms with E-state index in [1.54, 1.807) is 19.1 Å². The third-order valence-electron chi connectivity index (χ3n) is 3.57. The van der Waals surface area contributed by atoms with E-state index in [0.717, 1.165) is 0 Å². The fourth-order valence-electron chi connectivity index (χ4n) is 2.35. The highest BCUT2D eigenvalue weighted by atomic mass is 35.5. The van der Waals surface area contributed by atoms with Gasteiger partial charge in [0.2, 0.25) is 0 Å². The van der Waals surface area contributed by atoms with E-state index in [9.17, 15) is 14.3 Å². The van der Waals surface area contributed by atoms with E-state index in [0.29, 0.717) is 16.8 Å². The Morgan fingerprint density at radius 1 is 1.39 bits per heavy atom. The second kappa shape index (κ2) is 6.06. The Labute approximate surface area is 136 Å². The van der Waals surface area contributed by atoms with Crippen LogP contribution in [0.1, 0.15) is 13.0 Å². The highest BCUT2D eigenvalue weighted by Gasteiger charge is 2.15. The Kier molecular flexibility index (Phi) is 4.11. The minimum atomic E-state index is -0.417. The first-order valence-electron chi connectivity index (χ1n) is 6.95. The summed E-state index contributed by atoms with van der Waals surface area (Å²) < 4.78 is 14.8. The monoisotopic (exact) mass is 333 g/mol. The first-order valence-corrected chi connectivity index (χ1v) is 7.33. The van der Waals surface area contributed by atoms with Gasteiger partial charge in [-0.3, -0.25) is 9.36 Å². The maximum Gasteiger partial charge on any atom is 0.261 e. The zero-order chi connectivity index (χ0) is 16.6. The molecular weight excluding hydrogens is 321 g/mol. The summed E-state index contributed by atoms with van der Waals surface area (Å²) in [4.78, 5) is 21.0. The van der Waals surface area contributed by atoms with E-state index in [2.05, 4.69) is 9.97 Å². The second-order valence-corrected chi connectivity index (χ2v) is 5.58. The van der Waals surface area contributed by atoms with Crippen LogP contribution in [0, 0.1) is 5.82 Å². The molecule has 1 aromatic carbocycles. The van der Waals surface area contributed by atoms with Gasteiger partial charge in [-0.05, 0) is 25.1 Å². The van der Waals surface area contributed by atoms with Gasteiger partial charge < -0.3 is 5.11 Å². The van der Waals surface area contributed by atoms with Crippen molar-refractivity contribution >= 4 is 22.5 Å². The maximum absolute atomic E-state index is 13.5. The summed E-state index contributed by atoms with van der Waals surface area (Å²) in [6.07, 6.45) is 1.35. The van der Waals surface area contributed by atoms with E-state index < -0.39 is 11.9 Å². The molecule has 0 aliphatic carbocycles. The predicted molar refractivity (Wildman–Crippen MR) is 86.0 cm³/mol. The van der Waals surface area contributed by atoms with Crippen molar-refractivity contribution in [1.82, 2.24) is 14.5 Å². The normalized spacial score (nSPS) is 12.5. The van der Waals surface area contributed by atoms with E-state index in [-0.39, 0.29) is 22.7 Å². The van der Waals surface area contributed by atoms with E-state index >= 15 is 0 Å². The largest absolute Gasteiger partial charge is 0.394 e. The lowest BCUT2D eigenvalue weighted by molar-refractivity contribution is 0.236. The molecule has 3 rings (SSSR count). The van der Waals surface area contributed by atoms with Gasteiger partial charge in [0.1, 0.15) is 16.5 Å². The average molecular weight is 334 g/mol. The molecule has 1 N–H and O–H groups in total. The van der Waals surface area contributed by atoms with Crippen LogP contribution >= 0.6 is 11.6 Å². The Morgan fingerprint density at radius 3 is 2.87 bits per heavy atom. The number of benzene rings is 1. The zero-order valence-electron chi connectivity index (χ0n) is 12.2. The van der Waals surface area contributed by atoms with Gasteiger partial charge in [-0.2, -0.15) is 0 Å².